The van der Waals surface area contributed by atoms with E-state index in [0.29, 0.717) is 10.6 Å². The zero-order valence-corrected chi connectivity index (χ0v) is 9.23. The molecule has 0 saturated carbocycles. The number of nitrogens with one attached hydrogen (secondary N) is 1. The van der Waals surface area contributed by atoms with Gasteiger partial charge in [-0.25, -0.2) is 4.98 Å². The van der Waals surface area contributed by atoms with E-state index in [1.165, 1.54) is 0 Å². The van der Waals surface area contributed by atoms with Crippen molar-refractivity contribution in [2.75, 3.05) is 5.73 Å². The van der Waals surface area contributed by atoms with E-state index in [-0.39, 0.29) is 11.6 Å². The van der Waals surface area contributed by atoms with Crippen LogP contribution in [0.25, 0.3) is 11.4 Å². The van der Waals surface area contributed by atoms with E-state index < -0.39 is 11.2 Å². The van der Waals surface area contributed by atoms with Crippen LogP contribution in [0.2, 0.25) is 5.02 Å². The fourth-order valence-electron chi connectivity index (χ4n) is 1.35. The van der Waals surface area contributed by atoms with E-state index in [1.807, 2.05) is 0 Å². The van der Waals surface area contributed by atoms with E-state index in [0.717, 1.165) is 0 Å². The van der Waals surface area contributed by atoms with Crippen molar-refractivity contribution in [3.63, 3.8) is 0 Å². The summed E-state index contributed by atoms with van der Waals surface area (Å²) in [5.74, 6) is -0.0239. The number of hydrogen-bond donors (Lipinski definition) is 2. The topological polar surface area (TPSA) is 101 Å². The molecule has 0 bridgehead atoms. The molecule has 0 aliphatic heterocycles. The van der Waals surface area contributed by atoms with E-state index in [9.17, 15) is 9.70 Å². The predicted octanol–water partition coefficient (Wildman–Crippen LogP) is 2.07. The number of rotatable bonds is 2. The van der Waals surface area contributed by atoms with Gasteiger partial charge in [0, 0.05) is 5.56 Å². The second-order valence-electron chi connectivity index (χ2n) is 3.22. The fourth-order valence-corrected chi connectivity index (χ4v) is 1.58. The normalized spacial score (nSPS) is 10.2. The molecular formula is C10H7ClN4O2. The second-order valence-corrected chi connectivity index (χ2v) is 3.63. The van der Waals surface area contributed by atoms with Crippen molar-refractivity contribution in [2.45, 2.75) is 0 Å². The molecule has 0 spiro atoms. The van der Waals surface area contributed by atoms with E-state index in [2.05, 4.69) is 15.1 Å². The number of aromatic nitrogens is 2. The van der Waals surface area contributed by atoms with Crippen molar-refractivity contribution < 1.29 is 0 Å². The zero-order valence-electron chi connectivity index (χ0n) is 8.48. The van der Waals surface area contributed by atoms with Gasteiger partial charge in [0.1, 0.15) is 5.82 Å². The van der Waals surface area contributed by atoms with Gasteiger partial charge in [0.15, 0.2) is 5.82 Å². The van der Waals surface area contributed by atoms with Crippen LogP contribution < -0.4 is 11.3 Å². The van der Waals surface area contributed by atoms with E-state index in [1.54, 1.807) is 24.3 Å². The minimum Gasteiger partial charge on any atom is -0.382 e. The number of halogens is 1. The maximum Gasteiger partial charge on any atom is 0.282 e. The maximum absolute atomic E-state index is 11.5. The summed E-state index contributed by atoms with van der Waals surface area (Å²) in [5.41, 5.74) is 4.85. The smallest absolute Gasteiger partial charge is 0.282 e. The Morgan fingerprint density at radius 3 is 2.65 bits per heavy atom. The van der Waals surface area contributed by atoms with Crippen molar-refractivity contribution in [3.05, 3.63) is 44.5 Å². The Bertz CT molecular complexity index is 638. The molecule has 0 radical (unpaired) electrons. The van der Waals surface area contributed by atoms with Crippen LogP contribution in [0.3, 0.4) is 0 Å². The summed E-state index contributed by atoms with van der Waals surface area (Å²) < 4.78 is 0. The minimum atomic E-state index is -0.692. The first-order chi connectivity index (χ1) is 8.13. The molecule has 1 aromatic heterocycles. The number of nitroso groups, excluding NO2 is 1. The first kappa shape index (κ1) is 11.3. The Kier molecular flexibility index (Phi) is 2.88. The number of benzene rings is 1. The number of anilines is 1. The molecule has 2 aromatic rings. The van der Waals surface area contributed by atoms with Crippen LogP contribution in [0.4, 0.5) is 11.5 Å². The molecule has 0 amide bonds. The molecule has 0 atom stereocenters. The quantitative estimate of drug-likeness (QED) is 0.797. The van der Waals surface area contributed by atoms with Gasteiger partial charge < -0.3 is 10.7 Å². The third-order valence-electron chi connectivity index (χ3n) is 2.14. The third-order valence-corrected chi connectivity index (χ3v) is 2.47. The summed E-state index contributed by atoms with van der Waals surface area (Å²) in [7, 11) is 0. The van der Waals surface area contributed by atoms with Crippen molar-refractivity contribution in [1.29, 1.82) is 0 Å². The number of nitrogen functional groups attached to an aromatic ring is 1. The van der Waals surface area contributed by atoms with Crippen LogP contribution in [0, 0.1) is 4.91 Å². The first-order valence-corrected chi connectivity index (χ1v) is 4.99. The van der Waals surface area contributed by atoms with Gasteiger partial charge in [-0.2, -0.15) is 0 Å². The summed E-state index contributed by atoms with van der Waals surface area (Å²) in [5, 5.41) is 2.93. The van der Waals surface area contributed by atoms with Crippen molar-refractivity contribution in [3.8, 4) is 11.4 Å². The first-order valence-electron chi connectivity index (χ1n) is 4.61. The molecule has 0 saturated heterocycles. The van der Waals surface area contributed by atoms with Crippen LogP contribution in [0.5, 0.6) is 0 Å². The molecule has 1 heterocycles. The molecule has 0 unspecified atom stereocenters. The summed E-state index contributed by atoms with van der Waals surface area (Å²) in [6.07, 6.45) is 0. The van der Waals surface area contributed by atoms with Crippen molar-refractivity contribution in [1.82, 2.24) is 9.97 Å². The summed E-state index contributed by atoms with van der Waals surface area (Å²) >= 11 is 5.95. The SMILES string of the molecule is Nc1nc(-c2ccccc2Cl)[nH]c(=O)c1N=O. The van der Waals surface area contributed by atoms with Gasteiger partial charge >= 0.3 is 0 Å². The lowest BCUT2D eigenvalue weighted by Crippen LogP contribution is -2.11. The van der Waals surface area contributed by atoms with Gasteiger partial charge in [0.25, 0.3) is 5.56 Å². The van der Waals surface area contributed by atoms with Gasteiger partial charge in [0.05, 0.1) is 5.02 Å². The molecule has 17 heavy (non-hydrogen) atoms. The van der Waals surface area contributed by atoms with E-state index >= 15 is 0 Å². The number of aromatic amines is 1. The molecule has 3 N–H and O–H groups in total. The highest BCUT2D eigenvalue weighted by molar-refractivity contribution is 6.33. The number of nitrogens with zero attached hydrogens (tertiary/aromatic N) is 2. The number of H-pyrrole nitrogens is 1. The molecule has 0 aliphatic rings. The third kappa shape index (κ3) is 2.02. The highest BCUT2D eigenvalue weighted by Gasteiger charge is 2.12. The van der Waals surface area contributed by atoms with Crippen LogP contribution in [0.1, 0.15) is 0 Å². The van der Waals surface area contributed by atoms with Crippen LogP contribution in [-0.4, -0.2) is 9.97 Å². The summed E-state index contributed by atoms with van der Waals surface area (Å²) in [6, 6.07) is 6.81. The van der Waals surface area contributed by atoms with Gasteiger partial charge in [-0.1, -0.05) is 23.7 Å². The Morgan fingerprint density at radius 1 is 1.35 bits per heavy atom. The molecular weight excluding hydrogens is 244 g/mol. The lowest BCUT2D eigenvalue weighted by molar-refractivity contribution is 1.12. The molecule has 2 rings (SSSR count). The predicted molar refractivity (Wildman–Crippen MR) is 65.2 cm³/mol. The van der Waals surface area contributed by atoms with Crippen molar-refractivity contribution >= 4 is 23.1 Å². The standard InChI is InChI=1S/C10H7ClN4O2/c11-6-4-2-1-3-5(6)9-13-8(12)7(15-17)10(16)14-9/h1-4H,(H3,12,13,14,16). The maximum atomic E-state index is 11.5. The zero-order chi connectivity index (χ0) is 12.4. The van der Waals surface area contributed by atoms with Gasteiger partial charge in [-0.3, -0.25) is 4.79 Å². The fraction of sp³-hybridized carbons (Fsp3) is 0. The number of nitrogens with two attached hydrogens (primary N) is 1. The highest BCUT2D eigenvalue weighted by Crippen LogP contribution is 2.25. The Hall–Kier alpha value is -2.21. The second kappa shape index (κ2) is 4.34. The Labute approximate surface area is 100 Å². The molecule has 6 nitrogen and oxygen atoms in total. The van der Waals surface area contributed by atoms with Gasteiger partial charge in [-0.05, 0) is 17.3 Å². The summed E-state index contributed by atoms with van der Waals surface area (Å²) in [4.78, 5) is 28.1. The molecule has 86 valence electrons. The molecule has 0 fully saturated rings. The molecule has 0 aliphatic carbocycles. The average Bonchev–Trinajstić information content (AvgIpc) is 2.29. The van der Waals surface area contributed by atoms with Gasteiger partial charge in [-0.15, -0.1) is 4.91 Å². The number of hydrogen-bond acceptors (Lipinski definition) is 5. The largest absolute Gasteiger partial charge is 0.382 e. The minimum absolute atomic E-state index is 0.200. The van der Waals surface area contributed by atoms with Crippen LogP contribution in [0.15, 0.2) is 34.2 Å². The lowest BCUT2D eigenvalue weighted by atomic mass is 10.2. The lowest BCUT2D eigenvalue weighted by Gasteiger charge is -2.04. The van der Waals surface area contributed by atoms with Gasteiger partial charge in [0.2, 0.25) is 5.69 Å². The van der Waals surface area contributed by atoms with E-state index in [4.69, 9.17) is 17.3 Å². The molecule has 7 heteroatoms. The van der Waals surface area contributed by atoms with Crippen LogP contribution in [-0.2, 0) is 0 Å². The van der Waals surface area contributed by atoms with Crippen molar-refractivity contribution in [2.24, 2.45) is 5.18 Å². The average molecular weight is 251 g/mol. The summed E-state index contributed by atoms with van der Waals surface area (Å²) in [6.45, 7) is 0. The Balaban J connectivity index is 2.67. The Morgan fingerprint density at radius 2 is 2.06 bits per heavy atom. The highest BCUT2D eigenvalue weighted by atomic mass is 35.5. The van der Waals surface area contributed by atoms with Crippen LogP contribution >= 0.6 is 11.6 Å². The molecule has 1 aromatic carbocycles. The monoisotopic (exact) mass is 250 g/mol.